The van der Waals surface area contributed by atoms with E-state index in [0.29, 0.717) is 38.5 Å². The molecule has 1 aromatic heterocycles. The lowest BCUT2D eigenvalue weighted by molar-refractivity contribution is -0.138. The molecule has 2 amide bonds. The van der Waals surface area contributed by atoms with Crippen LogP contribution >= 0.6 is 0 Å². The molecule has 26 heavy (non-hydrogen) atoms. The van der Waals surface area contributed by atoms with Crippen LogP contribution in [0.4, 0.5) is 0 Å². The van der Waals surface area contributed by atoms with Crippen LogP contribution in [0.25, 0.3) is 0 Å². The van der Waals surface area contributed by atoms with Gasteiger partial charge in [-0.15, -0.1) is 0 Å². The van der Waals surface area contributed by atoms with E-state index in [4.69, 9.17) is 0 Å². The lowest BCUT2D eigenvalue weighted by atomic mass is 9.96. The second-order valence-electron chi connectivity index (χ2n) is 7.20. The fourth-order valence-corrected chi connectivity index (χ4v) is 3.60. The number of carbonyl (C=O) groups excluding carboxylic acids is 2. The maximum atomic E-state index is 12.6. The number of hydrogen-bond donors (Lipinski definition) is 1. The predicted octanol–water partition coefficient (Wildman–Crippen LogP) is 1.95. The van der Waals surface area contributed by atoms with Gasteiger partial charge in [0, 0.05) is 37.9 Å². The van der Waals surface area contributed by atoms with Gasteiger partial charge in [-0.1, -0.05) is 24.3 Å². The summed E-state index contributed by atoms with van der Waals surface area (Å²) in [6, 6.07) is 10.4. The van der Waals surface area contributed by atoms with Crippen LogP contribution in [0, 0.1) is 5.92 Å². The van der Waals surface area contributed by atoms with E-state index < -0.39 is 0 Å². The first-order valence-electron chi connectivity index (χ1n) is 9.32. The van der Waals surface area contributed by atoms with E-state index >= 15 is 0 Å². The van der Waals surface area contributed by atoms with Gasteiger partial charge in [0.15, 0.2) is 0 Å². The van der Waals surface area contributed by atoms with E-state index in [-0.39, 0.29) is 17.7 Å². The molecule has 1 aromatic carbocycles. The van der Waals surface area contributed by atoms with Crippen LogP contribution in [-0.4, -0.2) is 39.1 Å². The number of hydrogen-bond acceptors (Lipinski definition) is 3. The number of benzene rings is 1. The van der Waals surface area contributed by atoms with Gasteiger partial charge in [0.2, 0.25) is 11.8 Å². The summed E-state index contributed by atoms with van der Waals surface area (Å²) in [6.45, 7) is 1.76. The Kier molecular flexibility index (Phi) is 4.73. The lowest BCUT2D eigenvalue weighted by Gasteiger charge is -2.32. The van der Waals surface area contributed by atoms with Crippen LogP contribution in [0.15, 0.2) is 42.7 Å². The number of nitrogens with zero attached hydrogens (tertiary/aromatic N) is 3. The van der Waals surface area contributed by atoms with Crippen molar-refractivity contribution in [2.75, 3.05) is 6.54 Å². The normalized spacial score (nSPS) is 20.2. The monoisotopic (exact) mass is 352 g/mol. The van der Waals surface area contributed by atoms with Crippen molar-refractivity contribution < 1.29 is 9.59 Å². The fraction of sp³-hybridized carbons (Fsp3) is 0.450. The molecule has 1 saturated heterocycles. The molecular formula is C20H24N4O2. The van der Waals surface area contributed by atoms with Crippen molar-refractivity contribution in [2.45, 2.75) is 44.8 Å². The maximum Gasteiger partial charge on any atom is 0.225 e. The van der Waals surface area contributed by atoms with E-state index in [9.17, 15) is 9.59 Å². The van der Waals surface area contributed by atoms with Gasteiger partial charge in [-0.2, -0.15) is 5.10 Å². The highest BCUT2D eigenvalue weighted by Crippen LogP contribution is 2.31. The third-order valence-corrected chi connectivity index (χ3v) is 5.27. The summed E-state index contributed by atoms with van der Waals surface area (Å²) in [5.41, 5.74) is 2.25. The van der Waals surface area contributed by atoms with Gasteiger partial charge in [0.25, 0.3) is 0 Å². The Bertz CT molecular complexity index is 783. The molecule has 0 unspecified atom stereocenters. The Labute approximate surface area is 153 Å². The van der Waals surface area contributed by atoms with Crippen molar-refractivity contribution in [3.05, 3.63) is 53.9 Å². The molecule has 136 valence electrons. The Morgan fingerprint density at radius 2 is 1.96 bits per heavy atom. The molecule has 1 N–H and O–H groups in total. The first kappa shape index (κ1) is 16.8. The molecular weight excluding hydrogens is 328 g/mol. The van der Waals surface area contributed by atoms with E-state index in [1.165, 1.54) is 0 Å². The molecule has 0 radical (unpaired) electrons. The van der Waals surface area contributed by atoms with Gasteiger partial charge >= 0.3 is 0 Å². The van der Waals surface area contributed by atoms with Crippen LogP contribution in [0.2, 0.25) is 0 Å². The molecule has 2 heterocycles. The number of likely N-dealkylation sites (tertiary alicyclic amines) is 1. The van der Waals surface area contributed by atoms with Gasteiger partial charge in [-0.3, -0.25) is 14.3 Å². The summed E-state index contributed by atoms with van der Waals surface area (Å²) in [7, 11) is 0. The minimum atomic E-state index is -0.0911. The molecule has 4 rings (SSSR count). The fourth-order valence-electron chi connectivity index (χ4n) is 3.60. The average molecular weight is 352 g/mol. The SMILES string of the molecule is O=C(NCc1ccccc1Cn1cccn1)[C@@H]1CCC(=O)N(C2CC2)C1. The van der Waals surface area contributed by atoms with Gasteiger partial charge in [0.05, 0.1) is 12.5 Å². The molecule has 2 fully saturated rings. The van der Waals surface area contributed by atoms with Gasteiger partial charge in [-0.05, 0) is 36.5 Å². The molecule has 2 aliphatic rings. The zero-order chi connectivity index (χ0) is 17.9. The van der Waals surface area contributed by atoms with Gasteiger partial charge in [-0.25, -0.2) is 0 Å². The van der Waals surface area contributed by atoms with E-state index in [0.717, 1.165) is 24.0 Å². The van der Waals surface area contributed by atoms with Crippen molar-refractivity contribution in [1.29, 1.82) is 0 Å². The number of nitrogens with one attached hydrogen (secondary N) is 1. The van der Waals surface area contributed by atoms with Crippen LogP contribution in [-0.2, 0) is 22.7 Å². The zero-order valence-electron chi connectivity index (χ0n) is 14.8. The second kappa shape index (κ2) is 7.32. The smallest absolute Gasteiger partial charge is 0.225 e. The van der Waals surface area contributed by atoms with Crippen molar-refractivity contribution in [3.8, 4) is 0 Å². The number of piperidine rings is 1. The molecule has 1 aliphatic carbocycles. The summed E-state index contributed by atoms with van der Waals surface area (Å²) in [6.07, 6.45) is 7.01. The van der Waals surface area contributed by atoms with Crippen LogP contribution in [0.3, 0.4) is 0 Å². The van der Waals surface area contributed by atoms with Crippen molar-refractivity contribution in [1.82, 2.24) is 20.0 Å². The predicted molar refractivity (Wildman–Crippen MR) is 97.1 cm³/mol. The molecule has 2 aromatic rings. The highest BCUT2D eigenvalue weighted by atomic mass is 16.2. The third kappa shape index (κ3) is 3.79. The highest BCUT2D eigenvalue weighted by molar-refractivity contribution is 5.84. The second-order valence-corrected chi connectivity index (χ2v) is 7.20. The van der Waals surface area contributed by atoms with Gasteiger partial charge < -0.3 is 10.2 Å². The summed E-state index contributed by atoms with van der Waals surface area (Å²) < 4.78 is 1.88. The third-order valence-electron chi connectivity index (χ3n) is 5.27. The largest absolute Gasteiger partial charge is 0.352 e. The number of amides is 2. The minimum absolute atomic E-state index is 0.0528. The lowest BCUT2D eigenvalue weighted by Crippen LogP contribution is -2.46. The average Bonchev–Trinajstić information content (AvgIpc) is 3.37. The van der Waals surface area contributed by atoms with Crippen molar-refractivity contribution in [3.63, 3.8) is 0 Å². The molecule has 0 spiro atoms. The number of rotatable bonds is 6. The summed E-state index contributed by atoms with van der Waals surface area (Å²) >= 11 is 0. The topological polar surface area (TPSA) is 67.2 Å². The maximum absolute atomic E-state index is 12.6. The Morgan fingerprint density at radius 1 is 1.15 bits per heavy atom. The van der Waals surface area contributed by atoms with E-state index in [2.05, 4.69) is 16.5 Å². The van der Waals surface area contributed by atoms with Crippen molar-refractivity contribution in [2.24, 2.45) is 5.92 Å². The Hall–Kier alpha value is -2.63. The summed E-state index contributed by atoms with van der Waals surface area (Å²) in [4.78, 5) is 26.5. The zero-order valence-corrected chi connectivity index (χ0v) is 14.8. The first-order valence-corrected chi connectivity index (χ1v) is 9.32. The van der Waals surface area contributed by atoms with E-state index in [1.54, 1.807) is 6.20 Å². The minimum Gasteiger partial charge on any atom is -0.352 e. The van der Waals surface area contributed by atoms with Crippen LogP contribution < -0.4 is 5.32 Å². The quantitative estimate of drug-likeness (QED) is 0.864. The molecule has 1 atom stereocenters. The molecule has 1 aliphatic heterocycles. The van der Waals surface area contributed by atoms with Gasteiger partial charge in [0.1, 0.15) is 0 Å². The molecule has 1 saturated carbocycles. The number of aromatic nitrogens is 2. The van der Waals surface area contributed by atoms with Crippen LogP contribution in [0.1, 0.15) is 36.8 Å². The Balaban J connectivity index is 1.36. The highest BCUT2D eigenvalue weighted by Gasteiger charge is 2.38. The molecule has 6 heteroatoms. The summed E-state index contributed by atoms with van der Waals surface area (Å²) in [5, 5.41) is 7.33. The van der Waals surface area contributed by atoms with Crippen molar-refractivity contribution >= 4 is 11.8 Å². The van der Waals surface area contributed by atoms with Crippen LogP contribution in [0.5, 0.6) is 0 Å². The standard InChI is InChI=1S/C20H24N4O2/c25-19-9-6-17(14-24(19)18-7-8-18)20(26)21-12-15-4-1-2-5-16(15)13-23-11-3-10-22-23/h1-5,10-11,17-18H,6-9,12-14H2,(H,21,26)/t17-/m1/s1. The molecule has 6 nitrogen and oxygen atoms in total. The first-order chi connectivity index (χ1) is 12.7. The number of carbonyl (C=O) groups is 2. The van der Waals surface area contributed by atoms with E-state index in [1.807, 2.05) is 40.0 Å². The summed E-state index contributed by atoms with van der Waals surface area (Å²) in [5.74, 6) is 0.171. The molecule has 0 bridgehead atoms. The Morgan fingerprint density at radius 3 is 2.69 bits per heavy atom.